The first-order chi connectivity index (χ1) is 10.1. The normalized spacial score (nSPS) is 18.9. The molecular weight excluding hydrogens is 295 g/mol. The third-order valence-corrected chi connectivity index (χ3v) is 4.11. The van der Waals surface area contributed by atoms with Gasteiger partial charge in [-0.05, 0) is 18.9 Å². The lowest BCUT2D eigenvalue weighted by atomic mass is 9.91. The van der Waals surface area contributed by atoms with E-state index in [0.717, 1.165) is 25.9 Å². The molecule has 0 radical (unpaired) electrons. The predicted molar refractivity (Wildman–Crippen MR) is 77.7 cm³/mol. The Bertz CT molecular complexity index is 497. The number of piperidine rings is 1. The molecule has 2 heterocycles. The van der Waals surface area contributed by atoms with Gasteiger partial charge in [0.05, 0.1) is 12.6 Å². The molecule has 4 nitrogen and oxygen atoms in total. The molecule has 126 valence electrons. The number of aliphatic hydroxyl groups is 1. The molecule has 1 saturated heterocycles. The van der Waals surface area contributed by atoms with Gasteiger partial charge in [0.15, 0.2) is 5.69 Å². The highest BCUT2D eigenvalue weighted by Gasteiger charge is 2.38. The smallest absolute Gasteiger partial charge is 0.395 e. The molecule has 1 N–H and O–H groups in total. The molecule has 2 rings (SSSR count). The summed E-state index contributed by atoms with van der Waals surface area (Å²) in [5.41, 5.74) is -0.575. The van der Waals surface area contributed by atoms with Gasteiger partial charge in [-0.3, -0.25) is 4.68 Å². The Kier molecular flexibility index (Phi) is 4.87. The van der Waals surface area contributed by atoms with Crippen molar-refractivity contribution in [1.82, 2.24) is 14.7 Å². The quantitative estimate of drug-likeness (QED) is 0.931. The van der Waals surface area contributed by atoms with E-state index < -0.39 is 17.3 Å². The van der Waals surface area contributed by atoms with Gasteiger partial charge in [0, 0.05) is 30.7 Å². The van der Waals surface area contributed by atoms with Crippen LogP contribution in [-0.4, -0.2) is 46.0 Å². The van der Waals surface area contributed by atoms with Crippen molar-refractivity contribution >= 4 is 0 Å². The molecule has 1 aliphatic rings. The lowest BCUT2D eigenvalue weighted by Gasteiger charge is -2.33. The molecule has 0 bridgehead atoms. The average Bonchev–Trinajstić information content (AvgIpc) is 2.85. The predicted octanol–water partition coefficient (Wildman–Crippen LogP) is 2.83. The van der Waals surface area contributed by atoms with Gasteiger partial charge in [0.1, 0.15) is 0 Å². The van der Waals surface area contributed by atoms with Gasteiger partial charge in [0.2, 0.25) is 0 Å². The molecule has 0 aromatic carbocycles. The van der Waals surface area contributed by atoms with E-state index in [-0.39, 0.29) is 12.6 Å². The van der Waals surface area contributed by atoms with Crippen LogP contribution in [0.1, 0.15) is 51.0 Å². The lowest BCUT2D eigenvalue weighted by Crippen LogP contribution is -2.37. The van der Waals surface area contributed by atoms with Gasteiger partial charge >= 0.3 is 6.18 Å². The van der Waals surface area contributed by atoms with E-state index in [4.69, 9.17) is 5.11 Å². The number of aromatic nitrogens is 2. The number of hydrogen-bond acceptors (Lipinski definition) is 3. The van der Waals surface area contributed by atoms with E-state index in [1.807, 2.05) is 20.8 Å². The molecule has 0 saturated carbocycles. The first-order valence-electron chi connectivity index (χ1n) is 7.63. The van der Waals surface area contributed by atoms with Gasteiger partial charge in [-0.2, -0.15) is 18.3 Å². The zero-order chi connectivity index (χ0) is 16.5. The number of rotatable bonds is 3. The van der Waals surface area contributed by atoms with Crippen LogP contribution in [0, 0.1) is 0 Å². The molecule has 0 atom stereocenters. The summed E-state index contributed by atoms with van der Waals surface area (Å²) in [6, 6.07) is 1.17. The van der Waals surface area contributed by atoms with E-state index in [2.05, 4.69) is 10.00 Å². The maximum Gasteiger partial charge on any atom is 0.435 e. The third-order valence-electron chi connectivity index (χ3n) is 4.11. The molecule has 1 aromatic heterocycles. The Balaban J connectivity index is 2.25. The summed E-state index contributed by atoms with van der Waals surface area (Å²) in [6.45, 7) is 7.99. The van der Waals surface area contributed by atoms with E-state index in [0.29, 0.717) is 12.2 Å². The molecule has 0 unspecified atom stereocenters. The van der Waals surface area contributed by atoms with Crippen molar-refractivity contribution in [2.45, 2.75) is 51.2 Å². The Hall–Kier alpha value is -1.08. The minimum absolute atomic E-state index is 0.0136. The zero-order valence-electron chi connectivity index (χ0n) is 13.3. The molecule has 1 aliphatic heterocycles. The van der Waals surface area contributed by atoms with Crippen LogP contribution in [0.5, 0.6) is 0 Å². The van der Waals surface area contributed by atoms with Crippen molar-refractivity contribution < 1.29 is 18.3 Å². The standard InChI is InChI=1S/C15H24F3N3O/c1-14(2,3)13-10-12(15(16,17)18)19-21(13)11-4-6-20(7-5-11)8-9-22/h10-11,22H,4-9H2,1-3H3. The van der Waals surface area contributed by atoms with E-state index in [1.54, 1.807) is 4.68 Å². The third kappa shape index (κ3) is 3.81. The zero-order valence-corrected chi connectivity index (χ0v) is 13.3. The average molecular weight is 319 g/mol. The highest BCUT2D eigenvalue weighted by atomic mass is 19.4. The Morgan fingerprint density at radius 2 is 1.82 bits per heavy atom. The topological polar surface area (TPSA) is 41.3 Å². The summed E-state index contributed by atoms with van der Waals surface area (Å²) in [5, 5.41) is 12.8. The van der Waals surface area contributed by atoms with Crippen molar-refractivity contribution in [3.05, 3.63) is 17.5 Å². The van der Waals surface area contributed by atoms with E-state index >= 15 is 0 Å². The molecular formula is C15H24F3N3O. The maximum atomic E-state index is 13.0. The fourth-order valence-electron chi connectivity index (χ4n) is 2.90. The molecule has 7 heteroatoms. The Morgan fingerprint density at radius 1 is 1.23 bits per heavy atom. The monoisotopic (exact) mass is 319 g/mol. The second-order valence-corrected chi connectivity index (χ2v) is 6.90. The summed E-state index contributed by atoms with van der Waals surface area (Å²) in [5.74, 6) is 0. The van der Waals surface area contributed by atoms with Crippen LogP contribution in [0.15, 0.2) is 6.07 Å². The number of β-amino-alcohol motifs (C(OH)–C–C–N with tert-alkyl or cyclic N) is 1. The first kappa shape index (κ1) is 17.3. The fourth-order valence-corrected chi connectivity index (χ4v) is 2.90. The highest BCUT2D eigenvalue weighted by Crippen LogP contribution is 2.35. The van der Waals surface area contributed by atoms with Crippen LogP contribution in [0.25, 0.3) is 0 Å². The summed E-state index contributed by atoms with van der Waals surface area (Å²) in [6.07, 6.45) is -2.91. The van der Waals surface area contributed by atoms with Crippen LogP contribution >= 0.6 is 0 Å². The minimum atomic E-state index is -4.41. The van der Waals surface area contributed by atoms with Crippen LogP contribution in [0.3, 0.4) is 0 Å². The van der Waals surface area contributed by atoms with Gasteiger partial charge < -0.3 is 10.0 Å². The molecule has 0 spiro atoms. The second kappa shape index (κ2) is 6.20. The Labute approximate surface area is 128 Å². The molecule has 0 aliphatic carbocycles. The van der Waals surface area contributed by atoms with Crippen molar-refractivity contribution in [2.24, 2.45) is 0 Å². The van der Waals surface area contributed by atoms with Crippen molar-refractivity contribution in [1.29, 1.82) is 0 Å². The largest absolute Gasteiger partial charge is 0.435 e. The van der Waals surface area contributed by atoms with Crippen LogP contribution in [0.2, 0.25) is 0 Å². The van der Waals surface area contributed by atoms with Crippen molar-refractivity contribution in [3.8, 4) is 0 Å². The fraction of sp³-hybridized carbons (Fsp3) is 0.800. The number of alkyl halides is 3. The summed E-state index contributed by atoms with van der Waals surface area (Å²) >= 11 is 0. The second-order valence-electron chi connectivity index (χ2n) is 6.90. The van der Waals surface area contributed by atoms with Gasteiger partial charge in [0.25, 0.3) is 0 Å². The summed E-state index contributed by atoms with van der Waals surface area (Å²) in [4.78, 5) is 2.13. The number of halogens is 3. The minimum Gasteiger partial charge on any atom is -0.395 e. The lowest BCUT2D eigenvalue weighted by molar-refractivity contribution is -0.141. The Morgan fingerprint density at radius 3 is 2.27 bits per heavy atom. The number of likely N-dealkylation sites (tertiary alicyclic amines) is 1. The summed E-state index contributed by atoms with van der Waals surface area (Å²) in [7, 11) is 0. The summed E-state index contributed by atoms with van der Waals surface area (Å²) < 4.78 is 40.5. The van der Waals surface area contributed by atoms with Crippen LogP contribution in [-0.2, 0) is 11.6 Å². The van der Waals surface area contributed by atoms with Crippen molar-refractivity contribution in [3.63, 3.8) is 0 Å². The number of nitrogens with zero attached hydrogens (tertiary/aromatic N) is 3. The number of aliphatic hydroxyl groups excluding tert-OH is 1. The molecule has 0 amide bonds. The van der Waals surface area contributed by atoms with Gasteiger partial charge in [-0.15, -0.1) is 0 Å². The highest BCUT2D eigenvalue weighted by molar-refractivity contribution is 5.21. The molecule has 1 fully saturated rings. The van der Waals surface area contributed by atoms with Crippen LogP contribution in [0.4, 0.5) is 13.2 Å². The van der Waals surface area contributed by atoms with Crippen molar-refractivity contribution in [2.75, 3.05) is 26.2 Å². The molecule has 1 aromatic rings. The van der Waals surface area contributed by atoms with Gasteiger partial charge in [-0.25, -0.2) is 0 Å². The SMILES string of the molecule is CC(C)(C)c1cc(C(F)(F)F)nn1C1CCN(CCO)CC1. The number of hydrogen-bond donors (Lipinski definition) is 1. The maximum absolute atomic E-state index is 13.0. The van der Waals surface area contributed by atoms with E-state index in [9.17, 15) is 13.2 Å². The molecule has 22 heavy (non-hydrogen) atoms. The first-order valence-corrected chi connectivity index (χ1v) is 7.63. The van der Waals surface area contributed by atoms with Gasteiger partial charge in [-0.1, -0.05) is 20.8 Å². The van der Waals surface area contributed by atoms with Crippen LogP contribution < -0.4 is 0 Å². The van der Waals surface area contributed by atoms with E-state index in [1.165, 1.54) is 6.07 Å².